The molecular formula is C22H26N4O4. The zero-order valence-corrected chi connectivity index (χ0v) is 16.9. The Kier molecular flexibility index (Phi) is 7.26. The number of nitrogens with one attached hydrogen (secondary N) is 4. The summed E-state index contributed by atoms with van der Waals surface area (Å²) < 4.78 is 5.35. The molecule has 1 aliphatic carbocycles. The molecule has 8 nitrogen and oxygen atoms in total. The molecule has 158 valence electrons. The van der Waals surface area contributed by atoms with Crippen LogP contribution in [0.2, 0.25) is 0 Å². The van der Waals surface area contributed by atoms with E-state index in [1.165, 1.54) is 0 Å². The molecule has 8 heteroatoms. The topological polar surface area (TPSA) is 109 Å². The smallest absolute Gasteiger partial charge is 0.319 e. The fourth-order valence-electron chi connectivity index (χ4n) is 2.73. The molecule has 0 heterocycles. The molecule has 0 aromatic heterocycles. The maximum absolute atomic E-state index is 12.2. The third-order valence-electron chi connectivity index (χ3n) is 4.48. The van der Waals surface area contributed by atoms with Crippen LogP contribution in [0.25, 0.3) is 0 Å². The van der Waals surface area contributed by atoms with Gasteiger partial charge in [-0.2, -0.15) is 0 Å². The highest BCUT2D eigenvalue weighted by Gasteiger charge is 2.29. The number of benzene rings is 2. The second-order valence-electron chi connectivity index (χ2n) is 6.94. The second kappa shape index (κ2) is 10.3. The van der Waals surface area contributed by atoms with Crippen LogP contribution < -0.4 is 26.0 Å². The van der Waals surface area contributed by atoms with Gasteiger partial charge in [-0.15, -0.1) is 0 Å². The van der Waals surface area contributed by atoms with Gasteiger partial charge in [0.1, 0.15) is 5.75 Å². The Balaban J connectivity index is 1.34. The van der Waals surface area contributed by atoms with Crippen molar-refractivity contribution >= 4 is 29.2 Å². The summed E-state index contributed by atoms with van der Waals surface area (Å²) in [4.78, 5) is 35.8. The summed E-state index contributed by atoms with van der Waals surface area (Å²) in [5.74, 6) is 0.655. The number of hydrogen-bond donors (Lipinski definition) is 4. The van der Waals surface area contributed by atoms with Crippen molar-refractivity contribution in [2.45, 2.75) is 19.8 Å². The van der Waals surface area contributed by atoms with Gasteiger partial charge in [-0.25, -0.2) is 4.79 Å². The molecule has 2 aromatic carbocycles. The number of carbonyl (C=O) groups is 3. The van der Waals surface area contributed by atoms with E-state index in [0.717, 1.165) is 18.6 Å². The summed E-state index contributed by atoms with van der Waals surface area (Å²) in [5.41, 5.74) is 1.81. The zero-order chi connectivity index (χ0) is 21.3. The van der Waals surface area contributed by atoms with Crippen LogP contribution in [0.4, 0.5) is 16.2 Å². The van der Waals surface area contributed by atoms with Crippen molar-refractivity contribution in [2.75, 3.05) is 30.3 Å². The monoisotopic (exact) mass is 410 g/mol. The van der Waals surface area contributed by atoms with Crippen molar-refractivity contribution in [2.24, 2.45) is 5.92 Å². The van der Waals surface area contributed by atoms with Crippen LogP contribution in [-0.4, -0.2) is 37.5 Å². The van der Waals surface area contributed by atoms with Crippen molar-refractivity contribution in [1.29, 1.82) is 0 Å². The largest absolute Gasteiger partial charge is 0.494 e. The van der Waals surface area contributed by atoms with Crippen LogP contribution >= 0.6 is 0 Å². The molecular weight excluding hydrogens is 384 g/mol. The fourth-order valence-corrected chi connectivity index (χ4v) is 2.73. The fraction of sp³-hybridized carbons (Fsp3) is 0.318. The Morgan fingerprint density at radius 2 is 1.47 bits per heavy atom. The Labute approximate surface area is 175 Å². The van der Waals surface area contributed by atoms with Crippen molar-refractivity contribution in [1.82, 2.24) is 10.6 Å². The number of anilines is 2. The number of rotatable bonds is 9. The van der Waals surface area contributed by atoms with Crippen LogP contribution in [0, 0.1) is 5.92 Å². The molecule has 1 saturated carbocycles. The maximum atomic E-state index is 12.2. The van der Waals surface area contributed by atoms with Crippen LogP contribution in [0.5, 0.6) is 5.75 Å². The van der Waals surface area contributed by atoms with Crippen LogP contribution in [0.1, 0.15) is 30.1 Å². The number of hydrogen-bond acceptors (Lipinski definition) is 4. The molecule has 0 bridgehead atoms. The summed E-state index contributed by atoms with van der Waals surface area (Å²) in [6, 6.07) is 13.4. The maximum Gasteiger partial charge on any atom is 0.319 e. The third kappa shape index (κ3) is 6.51. The van der Waals surface area contributed by atoms with Crippen LogP contribution in [0.3, 0.4) is 0 Å². The highest BCUT2D eigenvalue weighted by atomic mass is 16.5. The Morgan fingerprint density at radius 3 is 2.10 bits per heavy atom. The summed E-state index contributed by atoms with van der Waals surface area (Å²) in [5, 5.41) is 11.0. The van der Waals surface area contributed by atoms with Gasteiger partial charge >= 0.3 is 6.03 Å². The zero-order valence-electron chi connectivity index (χ0n) is 16.9. The molecule has 4 N–H and O–H groups in total. The third-order valence-corrected chi connectivity index (χ3v) is 4.48. The first kappa shape index (κ1) is 21.2. The van der Waals surface area contributed by atoms with Gasteiger partial charge in [0.15, 0.2) is 0 Å². The van der Waals surface area contributed by atoms with E-state index in [4.69, 9.17) is 4.74 Å². The minimum absolute atomic E-state index is 0.0294. The van der Waals surface area contributed by atoms with Crippen molar-refractivity contribution in [3.8, 4) is 5.75 Å². The quantitative estimate of drug-likeness (QED) is 0.477. The van der Waals surface area contributed by atoms with E-state index in [9.17, 15) is 14.4 Å². The Hall–Kier alpha value is -3.55. The average Bonchev–Trinajstić information content (AvgIpc) is 3.59. The van der Waals surface area contributed by atoms with Gasteiger partial charge in [0.25, 0.3) is 5.91 Å². The van der Waals surface area contributed by atoms with E-state index in [2.05, 4.69) is 21.3 Å². The molecule has 4 amide bonds. The highest BCUT2D eigenvalue weighted by Crippen LogP contribution is 2.30. The van der Waals surface area contributed by atoms with Gasteiger partial charge in [0.2, 0.25) is 5.91 Å². The van der Waals surface area contributed by atoms with E-state index >= 15 is 0 Å². The summed E-state index contributed by atoms with van der Waals surface area (Å²) in [6.07, 6.45) is 1.89. The minimum Gasteiger partial charge on any atom is -0.494 e. The lowest BCUT2D eigenvalue weighted by Crippen LogP contribution is -2.36. The minimum atomic E-state index is -0.357. The first-order valence-corrected chi connectivity index (χ1v) is 10.0. The number of urea groups is 1. The van der Waals surface area contributed by atoms with Gasteiger partial charge in [-0.3, -0.25) is 9.59 Å². The molecule has 1 fully saturated rings. The predicted octanol–water partition coefficient (Wildman–Crippen LogP) is 2.99. The SMILES string of the molecule is CCOc1ccc(NC(=O)NCCNC(=O)c2ccc(NC(=O)C3CC3)cc2)cc1. The summed E-state index contributed by atoms with van der Waals surface area (Å²) >= 11 is 0. The van der Waals surface area contributed by atoms with E-state index in [0.29, 0.717) is 23.5 Å². The molecule has 0 atom stereocenters. The van der Waals surface area contributed by atoms with Crippen LogP contribution in [-0.2, 0) is 4.79 Å². The molecule has 3 rings (SSSR count). The normalized spacial score (nSPS) is 12.6. The lowest BCUT2D eigenvalue weighted by atomic mass is 10.2. The predicted molar refractivity (Wildman–Crippen MR) is 115 cm³/mol. The summed E-state index contributed by atoms with van der Waals surface area (Å²) in [7, 11) is 0. The van der Waals surface area contributed by atoms with Gasteiger partial charge < -0.3 is 26.0 Å². The average molecular weight is 410 g/mol. The van der Waals surface area contributed by atoms with E-state index < -0.39 is 0 Å². The van der Waals surface area contributed by atoms with Crippen molar-refractivity contribution in [3.05, 3.63) is 54.1 Å². The van der Waals surface area contributed by atoms with Gasteiger partial charge in [0, 0.05) is 35.9 Å². The second-order valence-corrected chi connectivity index (χ2v) is 6.94. The molecule has 0 saturated heterocycles. The first-order chi connectivity index (χ1) is 14.5. The summed E-state index contributed by atoms with van der Waals surface area (Å²) in [6.45, 7) is 3.06. The van der Waals surface area contributed by atoms with E-state index in [1.54, 1.807) is 48.5 Å². The van der Waals surface area contributed by atoms with E-state index in [-0.39, 0.29) is 36.9 Å². The van der Waals surface area contributed by atoms with Gasteiger partial charge in [0.05, 0.1) is 6.61 Å². The highest BCUT2D eigenvalue weighted by molar-refractivity contribution is 5.96. The molecule has 0 aliphatic heterocycles. The molecule has 2 aromatic rings. The molecule has 30 heavy (non-hydrogen) atoms. The van der Waals surface area contributed by atoms with Crippen LogP contribution in [0.15, 0.2) is 48.5 Å². The van der Waals surface area contributed by atoms with Crippen molar-refractivity contribution in [3.63, 3.8) is 0 Å². The Bertz CT molecular complexity index is 877. The standard InChI is InChI=1S/C22H26N4O4/c1-2-30-19-11-9-18(10-12-19)26-22(29)24-14-13-23-20(27)15-5-7-17(8-6-15)25-21(28)16-3-4-16/h5-12,16H,2-4,13-14H2,1H3,(H,23,27)(H,25,28)(H2,24,26,29). The van der Waals surface area contributed by atoms with E-state index in [1.807, 2.05) is 6.92 Å². The molecule has 0 radical (unpaired) electrons. The number of amides is 4. The first-order valence-electron chi connectivity index (χ1n) is 10.0. The Morgan fingerprint density at radius 1 is 0.867 bits per heavy atom. The van der Waals surface area contributed by atoms with Crippen molar-refractivity contribution < 1.29 is 19.1 Å². The lowest BCUT2D eigenvalue weighted by molar-refractivity contribution is -0.117. The molecule has 0 unspecified atom stereocenters. The molecule has 0 spiro atoms. The van der Waals surface area contributed by atoms with Gasteiger partial charge in [-0.1, -0.05) is 0 Å². The number of carbonyl (C=O) groups excluding carboxylic acids is 3. The lowest BCUT2D eigenvalue weighted by Gasteiger charge is -2.10. The molecule has 1 aliphatic rings. The van der Waals surface area contributed by atoms with Gasteiger partial charge in [-0.05, 0) is 68.3 Å². The number of ether oxygens (including phenoxy) is 1.